The van der Waals surface area contributed by atoms with Crippen LogP contribution in [0.15, 0.2) is 29.1 Å². The number of methoxy groups -OCH3 is 2. The summed E-state index contributed by atoms with van der Waals surface area (Å²) in [6.07, 6.45) is 1.45. The fourth-order valence-electron chi connectivity index (χ4n) is 2.05. The van der Waals surface area contributed by atoms with Crippen LogP contribution in [0.1, 0.15) is 12.1 Å². The molecule has 112 valence electrons. The third-order valence-electron chi connectivity index (χ3n) is 3.09. The Kier molecular flexibility index (Phi) is 4.94. The SMILES string of the molecule is COc1ccc(OC)c(-c2nc(CCCN)cc(=O)[nH]2)c1. The lowest BCUT2D eigenvalue weighted by molar-refractivity contribution is 0.404. The smallest absolute Gasteiger partial charge is 0.251 e. The lowest BCUT2D eigenvalue weighted by Gasteiger charge is -2.10. The molecule has 0 amide bonds. The minimum absolute atomic E-state index is 0.197. The van der Waals surface area contributed by atoms with Crippen molar-refractivity contribution in [3.63, 3.8) is 0 Å². The molecule has 0 aliphatic heterocycles. The van der Waals surface area contributed by atoms with Crippen LogP contribution in [-0.2, 0) is 6.42 Å². The average Bonchev–Trinajstić information content (AvgIpc) is 2.51. The zero-order valence-electron chi connectivity index (χ0n) is 12.2. The normalized spacial score (nSPS) is 10.4. The maximum absolute atomic E-state index is 11.8. The third kappa shape index (κ3) is 3.61. The Morgan fingerprint density at radius 1 is 1.24 bits per heavy atom. The number of aromatic amines is 1. The highest BCUT2D eigenvalue weighted by Crippen LogP contribution is 2.30. The van der Waals surface area contributed by atoms with Crippen molar-refractivity contribution < 1.29 is 9.47 Å². The Bertz CT molecular complexity index is 667. The van der Waals surface area contributed by atoms with E-state index in [1.54, 1.807) is 32.4 Å². The molecule has 21 heavy (non-hydrogen) atoms. The molecule has 0 spiro atoms. The Morgan fingerprint density at radius 3 is 2.71 bits per heavy atom. The first kappa shape index (κ1) is 15.1. The summed E-state index contributed by atoms with van der Waals surface area (Å²) >= 11 is 0. The standard InChI is InChI=1S/C15H19N3O3/c1-20-11-5-6-13(21-2)12(9-11)15-17-10(4-3-7-16)8-14(19)18-15/h5-6,8-9H,3-4,7,16H2,1-2H3,(H,17,18,19). The number of hydrogen-bond donors (Lipinski definition) is 2. The van der Waals surface area contributed by atoms with Gasteiger partial charge < -0.3 is 20.2 Å². The molecule has 0 fully saturated rings. The number of benzene rings is 1. The summed E-state index contributed by atoms with van der Waals surface area (Å²) in [6, 6.07) is 6.84. The minimum Gasteiger partial charge on any atom is -0.497 e. The van der Waals surface area contributed by atoms with E-state index < -0.39 is 0 Å². The first-order valence-electron chi connectivity index (χ1n) is 6.70. The van der Waals surface area contributed by atoms with Crippen molar-refractivity contribution in [3.05, 3.63) is 40.3 Å². The van der Waals surface area contributed by atoms with Crippen molar-refractivity contribution in [2.24, 2.45) is 5.73 Å². The van der Waals surface area contributed by atoms with Gasteiger partial charge in [-0.1, -0.05) is 0 Å². The molecular weight excluding hydrogens is 270 g/mol. The molecule has 0 radical (unpaired) electrons. The van der Waals surface area contributed by atoms with Gasteiger partial charge in [-0.05, 0) is 37.6 Å². The van der Waals surface area contributed by atoms with E-state index in [2.05, 4.69) is 9.97 Å². The number of H-pyrrole nitrogens is 1. The van der Waals surface area contributed by atoms with Crippen LogP contribution in [-0.4, -0.2) is 30.7 Å². The van der Waals surface area contributed by atoms with E-state index in [0.29, 0.717) is 41.5 Å². The van der Waals surface area contributed by atoms with Crippen LogP contribution in [0.5, 0.6) is 11.5 Å². The van der Waals surface area contributed by atoms with Crippen LogP contribution in [0.2, 0.25) is 0 Å². The average molecular weight is 289 g/mol. The number of rotatable bonds is 6. The minimum atomic E-state index is -0.197. The summed E-state index contributed by atoms with van der Waals surface area (Å²) in [5.41, 5.74) is 6.70. The summed E-state index contributed by atoms with van der Waals surface area (Å²) in [5, 5.41) is 0. The second-order valence-electron chi connectivity index (χ2n) is 4.54. The summed E-state index contributed by atoms with van der Waals surface area (Å²) in [6.45, 7) is 0.562. The zero-order chi connectivity index (χ0) is 15.2. The van der Waals surface area contributed by atoms with Gasteiger partial charge in [0.15, 0.2) is 0 Å². The zero-order valence-corrected chi connectivity index (χ0v) is 12.2. The Morgan fingerprint density at radius 2 is 2.05 bits per heavy atom. The van der Waals surface area contributed by atoms with Crippen LogP contribution < -0.4 is 20.8 Å². The summed E-state index contributed by atoms with van der Waals surface area (Å²) < 4.78 is 10.5. The van der Waals surface area contributed by atoms with Gasteiger partial charge in [0.1, 0.15) is 17.3 Å². The number of hydrogen-bond acceptors (Lipinski definition) is 5. The highest BCUT2D eigenvalue weighted by atomic mass is 16.5. The molecule has 0 saturated heterocycles. The van der Waals surface area contributed by atoms with E-state index in [-0.39, 0.29) is 5.56 Å². The Hall–Kier alpha value is -2.34. The number of nitrogens with one attached hydrogen (secondary N) is 1. The van der Waals surface area contributed by atoms with Crippen molar-refractivity contribution in [1.82, 2.24) is 9.97 Å². The number of ether oxygens (including phenoxy) is 2. The molecule has 6 heteroatoms. The second kappa shape index (κ2) is 6.90. The first-order chi connectivity index (χ1) is 10.2. The first-order valence-corrected chi connectivity index (χ1v) is 6.70. The van der Waals surface area contributed by atoms with Gasteiger partial charge in [0, 0.05) is 11.8 Å². The third-order valence-corrected chi connectivity index (χ3v) is 3.09. The van der Waals surface area contributed by atoms with Crippen LogP contribution in [0.25, 0.3) is 11.4 Å². The van der Waals surface area contributed by atoms with E-state index in [0.717, 1.165) is 6.42 Å². The van der Waals surface area contributed by atoms with E-state index in [9.17, 15) is 4.79 Å². The Labute approximate surface area is 122 Å². The quantitative estimate of drug-likeness (QED) is 0.837. The van der Waals surface area contributed by atoms with E-state index >= 15 is 0 Å². The molecule has 6 nitrogen and oxygen atoms in total. The molecule has 0 aliphatic rings. The molecule has 1 aromatic heterocycles. The van der Waals surface area contributed by atoms with Crippen LogP contribution >= 0.6 is 0 Å². The molecule has 2 rings (SSSR count). The van der Waals surface area contributed by atoms with Crippen molar-refractivity contribution in [2.75, 3.05) is 20.8 Å². The molecule has 0 atom stereocenters. The van der Waals surface area contributed by atoms with E-state index in [1.807, 2.05) is 0 Å². The molecule has 2 aromatic rings. The van der Waals surface area contributed by atoms with Crippen molar-refractivity contribution in [2.45, 2.75) is 12.8 Å². The maximum atomic E-state index is 11.8. The largest absolute Gasteiger partial charge is 0.497 e. The van der Waals surface area contributed by atoms with Crippen molar-refractivity contribution in [1.29, 1.82) is 0 Å². The van der Waals surface area contributed by atoms with Gasteiger partial charge in [-0.15, -0.1) is 0 Å². The second-order valence-corrected chi connectivity index (χ2v) is 4.54. The lowest BCUT2D eigenvalue weighted by Crippen LogP contribution is -2.12. The summed E-state index contributed by atoms with van der Waals surface area (Å²) in [5.74, 6) is 1.75. The van der Waals surface area contributed by atoms with Crippen LogP contribution in [0.3, 0.4) is 0 Å². The van der Waals surface area contributed by atoms with Crippen LogP contribution in [0.4, 0.5) is 0 Å². The molecule has 0 saturated carbocycles. The van der Waals surface area contributed by atoms with E-state index in [1.165, 1.54) is 6.07 Å². The topological polar surface area (TPSA) is 90.2 Å². The number of aryl methyl sites for hydroxylation is 1. The monoisotopic (exact) mass is 289 g/mol. The van der Waals surface area contributed by atoms with Gasteiger partial charge in [0.2, 0.25) is 0 Å². The van der Waals surface area contributed by atoms with Crippen molar-refractivity contribution in [3.8, 4) is 22.9 Å². The maximum Gasteiger partial charge on any atom is 0.251 e. The van der Waals surface area contributed by atoms with Gasteiger partial charge in [0.05, 0.1) is 19.8 Å². The van der Waals surface area contributed by atoms with Gasteiger partial charge in [0.25, 0.3) is 5.56 Å². The molecule has 0 aliphatic carbocycles. The number of nitrogens with zero attached hydrogens (tertiary/aromatic N) is 1. The fourth-order valence-corrected chi connectivity index (χ4v) is 2.05. The highest BCUT2D eigenvalue weighted by molar-refractivity contribution is 5.66. The van der Waals surface area contributed by atoms with Gasteiger partial charge in [-0.25, -0.2) is 4.98 Å². The van der Waals surface area contributed by atoms with Crippen molar-refractivity contribution >= 4 is 0 Å². The van der Waals surface area contributed by atoms with Gasteiger partial charge in [-0.3, -0.25) is 4.79 Å². The molecule has 1 aromatic carbocycles. The summed E-state index contributed by atoms with van der Waals surface area (Å²) in [7, 11) is 3.15. The molecule has 1 heterocycles. The predicted octanol–water partition coefficient (Wildman–Crippen LogP) is 1.35. The predicted molar refractivity (Wildman–Crippen MR) is 80.8 cm³/mol. The molecule has 0 bridgehead atoms. The fraction of sp³-hybridized carbons (Fsp3) is 0.333. The molecular formula is C15H19N3O3. The van der Waals surface area contributed by atoms with Gasteiger partial charge >= 0.3 is 0 Å². The number of aromatic nitrogens is 2. The van der Waals surface area contributed by atoms with Gasteiger partial charge in [-0.2, -0.15) is 0 Å². The highest BCUT2D eigenvalue weighted by Gasteiger charge is 2.11. The number of nitrogens with two attached hydrogens (primary N) is 1. The Balaban J connectivity index is 2.49. The lowest BCUT2D eigenvalue weighted by atomic mass is 10.1. The molecule has 0 unspecified atom stereocenters. The molecule has 3 N–H and O–H groups in total. The summed E-state index contributed by atoms with van der Waals surface area (Å²) in [4.78, 5) is 19.0. The van der Waals surface area contributed by atoms with Crippen LogP contribution in [0, 0.1) is 0 Å². The van der Waals surface area contributed by atoms with E-state index in [4.69, 9.17) is 15.2 Å².